The van der Waals surface area contributed by atoms with Crippen molar-refractivity contribution < 1.29 is 4.79 Å². The van der Waals surface area contributed by atoms with E-state index >= 15 is 0 Å². The van der Waals surface area contributed by atoms with Crippen molar-refractivity contribution in [3.63, 3.8) is 0 Å². The summed E-state index contributed by atoms with van der Waals surface area (Å²) in [5, 5.41) is 12.4. The van der Waals surface area contributed by atoms with Crippen LogP contribution in [0.5, 0.6) is 0 Å². The molecule has 0 aromatic carbocycles. The Balaban J connectivity index is 1.88. The van der Waals surface area contributed by atoms with Crippen molar-refractivity contribution in [2.75, 3.05) is 19.6 Å². The highest BCUT2D eigenvalue weighted by atomic mass is 32.1. The fourth-order valence-corrected chi connectivity index (χ4v) is 4.82. The molecule has 0 spiro atoms. The molecule has 1 fully saturated rings. The van der Waals surface area contributed by atoms with Crippen LogP contribution in [0.2, 0.25) is 0 Å². The van der Waals surface area contributed by atoms with E-state index in [0.717, 1.165) is 42.4 Å². The molecule has 2 aromatic rings. The number of carbonyl (C=O) groups excluding carboxylic acids is 1. The first-order valence-corrected chi connectivity index (χ1v) is 10.2. The summed E-state index contributed by atoms with van der Waals surface area (Å²) in [6.07, 6.45) is 7.12. The van der Waals surface area contributed by atoms with E-state index in [2.05, 4.69) is 39.3 Å². The maximum Gasteiger partial charge on any atom is 0.218 e. The van der Waals surface area contributed by atoms with E-state index in [1.54, 1.807) is 30.7 Å². The Labute approximate surface area is 159 Å². The molecule has 1 aliphatic rings. The molecule has 3 N–H and O–H groups in total. The zero-order valence-corrected chi connectivity index (χ0v) is 16.4. The van der Waals surface area contributed by atoms with Crippen molar-refractivity contribution in [1.82, 2.24) is 20.9 Å². The van der Waals surface area contributed by atoms with Gasteiger partial charge in [-0.05, 0) is 80.9 Å². The minimum Gasteiger partial charge on any atom is -0.330 e. The number of carbonyl (C=O) groups is 1. The third-order valence-electron chi connectivity index (χ3n) is 5.08. The van der Waals surface area contributed by atoms with Gasteiger partial charge in [0.2, 0.25) is 5.91 Å². The van der Waals surface area contributed by atoms with E-state index in [0.29, 0.717) is 0 Å². The molecule has 0 radical (unpaired) electrons. The second-order valence-electron chi connectivity index (χ2n) is 7.01. The van der Waals surface area contributed by atoms with E-state index in [-0.39, 0.29) is 5.91 Å². The molecule has 1 unspecified atom stereocenters. The van der Waals surface area contributed by atoms with Crippen LogP contribution in [0.15, 0.2) is 36.0 Å². The number of nitrogens with zero attached hydrogens (tertiary/aromatic N) is 1. The summed E-state index contributed by atoms with van der Waals surface area (Å²) in [6, 6.07) is 6.06. The molecule has 1 amide bonds. The van der Waals surface area contributed by atoms with Gasteiger partial charge in [-0.25, -0.2) is 0 Å². The van der Waals surface area contributed by atoms with E-state index in [1.165, 1.54) is 18.4 Å². The predicted octanol–water partition coefficient (Wildman–Crippen LogP) is 2.77. The maximum atomic E-state index is 12.1. The summed E-state index contributed by atoms with van der Waals surface area (Å²) in [5.41, 5.74) is 1.48. The zero-order valence-electron chi connectivity index (χ0n) is 15.5. The van der Waals surface area contributed by atoms with Crippen LogP contribution in [0, 0.1) is 12.8 Å². The first kappa shape index (κ1) is 19.0. The summed E-state index contributed by atoms with van der Waals surface area (Å²) >= 11 is 1.67. The number of rotatable bonds is 7. The van der Waals surface area contributed by atoms with Crippen molar-refractivity contribution in [2.45, 2.75) is 38.8 Å². The predicted molar refractivity (Wildman–Crippen MR) is 106 cm³/mol. The lowest BCUT2D eigenvalue weighted by Crippen LogP contribution is -2.56. The molecule has 2 aromatic heterocycles. The largest absolute Gasteiger partial charge is 0.330 e. The number of aromatic nitrogens is 1. The molecule has 3 rings (SSSR count). The number of pyridine rings is 1. The Kier molecular flexibility index (Phi) is 6.40. The molecule has 1 atom stereocenters. The second kappa shape index (κ2) is 8.75. The summed E-state index contributed by atoms with van der Waals surface area (Å²) < 4.78 is 0. The number of piperidine rings is 1. The number of nitrogens with one attached hydrogen (secondary N) is 3. The third-order valence-corrected chi connectivity index (χ3v) is 6.22. The third kappa shape index (κ3) is 4.31. The Bertz CT molecular complexity index is 712. The summed E-state index contributed by atoms with van der Waals surface area (Å²) in [7, 11) is 0. The Hall–Kier alpha value is -1.76. The fourth-order valence-electron chi connectivity index (χ4n) is 3.74. The molecular formula is C20H28N4OS. The van der Waals surface area contributed by atoms with E-state index in [4.69, 9.17) is 0 Å². The van der Waals surface area contributed by atoms with Crippen LogP contribution in [0.4, 0.5) is 0 Å². The van der Waals surface area contributed by atoms with Gasteiger partial charge in [0.05, 0.1) is 4.88 Å². The normalized spacial score (nSPS) is 17.6. The highest BCUT2D eigenvalue weighted by Gasteiger charge is 2.37. The topological polar surface area (TPSA) is 66.1 Å². The minimum absolute atomic E-state index is 0.0519. The SMILES string of the molecule is CC(=O)NC(NCCC1CCNCC1)(c1ccncc1)c1sccc1C. The van der Waals surface area contributed by atoms with Crippen LogP contribution in [0.1, 0.15) is 42.2 Å². The Morgan fingerprint density at radius 3 is 2.65 bits per heavy atom. The van der Waals surface area contributed by atoms with Gasteiger partial charge >= 0.3 is 0 Å². The van der Waals surface area contributed by atoms with Gasteiger partial charge in [0.25, 0.3) is 0 Å². The van der Waals surface area contributed by atoms with Crippen molar-refractivity contribution in [2.24, 2.45) is 5.92 Å². The molecule has 0 aliphatic carbocycles. The molecule has 0 bridgehead atoms. The zero-order chi connectivity index (χ0) is 18.4. The van der Waals surface area contributed by atoms with Crippen LogP contribution in [0.3, 0.4) is 0 Å². The van der Waals surface area contributed by atoms with Gasteiger partial charge < -0.3 is 10.6 Å². The highest BCUT2D eigenvalue weighted by Crippen LogP contribution is 2.33. The fraction of sp³-hybridized carbons (Fsp3) is 0.500. The number of hydrogen-bond acceptors (Lipinski definition) is 5. The monoisotopic (exact) mass is 372 g/mol. The quantitative estimate of drug-likeness (QED) is 0.654. The first-order chi connectivity index (χ1) is 12.6. The molecule has 1 saturated heterocycles. The highest BCUT2D eigenvalue weighted by molar-refractivity contribution is 7.10. The van der Waals surface area contributed by atoms with Crippen LogP contribution >= 0.6 is 11.3 Å². The van der Waals surface area contributed by atoms with Gasteiger partial charge in [-0.15, -0.1) is 11.3 Å². The first-order valence-electron chi connectivity index (χ1n) is 9.31. The van der Waals surface area contributed by atoms with Gasteiger partial charge in [-0.3, -0.25) is 15.1 Å². The summed E-state index contributed by atoms with van der Waals surface area (Å²) in [4.78, 5) is 17.4. The number of hydrogen-bond donors (Lipinski definition) is 3. The minimum atomic E-state index is -0.708. The lowest BCUT2D eigenvalue weighted by Gasteiger charge is -2.37. The number of thiophene rings is 1. The molecule has 1 aliphatic heterocycles. The molecule has 5 nitrogen and oxygen atoms in total. The molecular weight excluding hydrogens is 344 g/mol. The van der Waals surface area contributed by atoms with Gasteiger partial charge in [0.1, 0.15) is 0 Å². The van der Waals surface area contributed by atoms with Crippen LogP contribution < -0.4 is 16.0 Å². The summed E-state index contributed by atoms with van der Waals surface area (Å²) in [5.74, 6) is 0.685. The van der Waals surface area contributed by atoms with Crippen molar-refractivity contribution in [3.05, 3.63) is 52.0 Å². The Morgan fingerprint density at radius 1 is 1.31 bits per heavy atom. The van der Waals surface area contributed by atoms with E-state index < -0.39 is 5.66 Å². The number of aryl methyl sites for hydroxylation is 1. The maximum absolute atomic E-state index is 12.1. The molecule has 3 heterocycles. The lowest BCUT2D eigenvalue weighted by atomic mass is 9.92. The van der Waals surface area contributed by atoms with Crippen molar-refractivity contribution in [3.8, 4) is 0 Å². The van der Waals surface area contributed by atoms with Gasteiger partial charge in [-0.1, -0.05) is 0 Å². The van der Waals surface area contributed by atoms with Crippen LogP contribution in [-0.2, 0) is 10.5 Å². The number of amides is 1. The van der Waals surface area contributed by atoms with Crippen LogP contribution in [-0.4, -0.2) is 30.5 Å². The van der Waals surface area contributed by atoms with E-state index in [1.807, 2.05) is 12.1 Å². The Morgan fingerprint density at radius 2 is 2.04 bits per heavy atom. The molecule has 140 valence electrons. The average molecular weight is 373 g/mol. The van der Waals surface area contributed by atoms with Gasteiger partial charge in [0, 0.05) is 24.9 Å². The van der Waals surface area contributed by atoms with Crippen LogP contribution in [0.25, 0.3) is 0 Å². The standard InChI is InChI=1S/C20H28N4OS/c1-15-8-14-26-19(15)20(24-16(2)25,18-6-11-22-12-7-18)23-13-5-17-3-9-21-10-4-17/h6-8,11-12,14,17,21,23H,3-5,9-10,13H2,1-2H3,(H,24,25). The van der Waals surface area contributed by atoms with Crippen molar-refractivity contribution >= 4 is 17.2 Å². The molecule has 6 heteroatoms. The lowest BCUT2D eigenvalue weighted by molar-refractivity contribution is -0.120. The average Bonchev–Trinajstić information content (AvgIpc) is 3.08. The van der Waals surface area contributed by atoms with E-state index in [9.17, 15) is 4.79 Å². The molecule has 26 heavy (non-hydrogen) atoms. The van der Waals surface area contributed by atoms with Crippen molar-refractivity contribution in [1.29, 1.82) is 0 Å². The summed E-state index contributed by atoms with van der Waals surface area (Å²) in [6.45, 7) is 6.74. The second-order valence-corrected chi connectivity index (χ2v) is 7.92. The molecule has 0 saturated carbocycles. The smallest absolute Gasteiger partial charge is 0.218 e. The van der Waals surface area contributed by atoms with Gasteiger partial charge in [0.15, 0.2) is 5.66 Å². The van der Waals surface area contributed by atoms with Gasteiger partial charge in [-0.2, -0.15) is 0 Å².